The highest BCUT2D eigenvalue weighted by molar-refractivity contribution is 8.00. The first-order chi connectivity index (χ1) is 16.3. The number of amides is 1. The van der Waals surface area contributed by atoms with Crippen molar-refractivity contribution in [2.24, 2.45) is 7.05 Å². The molecule has 0 radical (unpaired) electrons. The smallest absolute Gasteiger partial charge is 0.243 e. The molecule has 1 aliphatic heterocycles. The van der Waals surface area contributed by atoms with Gasteiger partial charge in [0.05, 0.1) is 10.1 Å². The van der Waals surface area contributed by atoms with Crippen LogP contribution < -0.4 is 5.32 Å². The van der Waals surface area contributed by atoms with E-state index in [0.29, 0.717) is 23.9 Å². The molecule has 1 unspecified atom stereocenters. The van der Waals surface area contributed by atoms with Crippen LogP contribution in [0.1, 0.15) is 31.7 Å². The van der Waals surface area contributed by atoms with Gasteiger partial charge >= 0.3 is 0 Å². The monoisotopic (exact) mass is 499 g/mol. The molecule has 0 saturated carbocycles. The lowest BCUT2D eigenvalue weighted by Crippen LogP contribution is -2.35. The van der Waals surface area contributed by atoms with Gasteiger partial charge in [-0.2, -0.15) is 4.31 Å². The fourth-order valence-electron chi connectivity index (χ4n) is 3.90. The van der Waals surface area contributed by atoms with Gasteiger partial charge < -0.3 is 9.88 Å². The van der Waals surface area contributed by atoms with Gasteiger partial charge in [0.1, 0.15) is 0 Å². The van der Waals surface area contributed by atoms with Gasteiger partial charge in [-0.15, -0.1) is 10.2 Å². The van der Waals surface area contributed by atoms with Crippen molar-refractivity contribution in [2.75, 3.05) is 18.4 Å². The Morgan fingerprint density at radius 2 is 1.71 bits per heavy atom. The van der Waals surface area contributed by atoms with Crippen LogP contribution in [0.15, 0.2) is 58.6 Å². The number of rotatable bonds is 7. The summed E-state index contributed by atoms with van der Waals surface area (Å²) in [5.74, 6) is 0.552. The molecule has 1 fully saturated rings. The van der Waals surface area contributed by atoms with Gasteiger partial charge in [0.2, 0.25) is 15.9 Å². The Hall–Kier alpha value is -2.69. The maximum atomic E-state index is 12.8. The molecule has 10 heteroatoms. The molecule has 1 N–H and O–H groups in total. The minimum atomic E-state index is -3.49. The first kappa shape index (κ1) is 24.4. The number of hydrogen-bond acceptors (Lipinski definition) is 6. The van der Waals surface area contributed by atoms with Crippen molar-refractivity contribution in [1.29, 1.82) is 0 Å². The molecule has 2 heterocycles. The van der Waals surface area contributed by atoms with Crippen LogP contribution in [0, 0.1) is 6.92 Å². The van der Waals surface area contributed by atoms with Crippen molar-refractivity contribution in [2.45, 2.75) is 48.4 Å². The highest BCUT2D eigenvalue weighted by Crippen LogP contribution is 2.28. The molecular weight excluding hydrogens is 470 g/mol. The van der Waals surface area contributed by atoms with Crippen LogP contribution >= 0.6 is 11.8 Å². The zero-order valence-corrected chi connectivity index (χ0v) is 21.2. The second-order valence-electron chi connectivity index (χ2n) is 8.42. The average Bonchev–Trinajstić information content (AvgIpc) is 3.20. The number of thioether (sulfide) groups is 1. The quantitative estimate of drug-likeness (QED) is 0.492. The zero-order valence-electron chi connectivity index (χ0n) is 19.6. The van der Waals surface area contributed by atoms with Crippen molar-refractivity contribution in [3.8, 4) is 11.4 Å². The Kier molecular flexibility index (Phi) is 7.39. The summed E-state index contributed by atoms with van der Waals surface area (Å²) < 4.78 is 29.0. The third kappa shape index (κ3) is 5.18. The fourth-order valence-corrected chi connectivity index (χ4v) is 6.23. The molecule has 1 saturated heterocycles. The summed E-state index contributed by atoms with van der Waals surface area (Å²) in [6.45, 7) is 4.94. The van der Waals surface area contributed by atoms with E-state index < -0.39 is 15.3 Å². The lowest BCUT2D eigenvalue weighted by atomic mass is 10.1. The molecule has 0 aliphatic carbocycles. The Labute approximate surface area is 204 Å². The predicted octanol–water partition coefficient (Wildman–Crippen LogP) is 4.08. The van der Waals surface area contributed by atoms with Crippen molar-refractivity contribution < 1.29 is 13.2 Å². The second kappa shape index (κ2) is 10.3. The molecule has 1 aromatic heterocycles. The number of hydrogen-bond donors (Lipinski definition) is 1. The molecule has 0 spiro atoms. The lowest BCUT2D eigenvalue weighted by molar-refractivity contribution is -0.115. The third-order valence-corrected chi connectivity index (χ3v) is 8.99. The third-order valence-electron chi connectivity index (χ3n) is 5.95. The summed E-state index contributed by atoms with van der Waals surface area (Å²) in [5.41, 5.74) is 2.65. The highest BCUT2D eigenvalue weighted by Gasteiger charge is 2.26. The maximum absolute atomic E-state index is 12.8. The van der Waals surface area contributed by atoms with Crippen LogP contribution in [0.2, 0.25) is 0 Å². The van der Waals surface area contributed by atoms with Gasteiger partial charge in [0.15, 0.2) is 11.0 Å². The van der Waals surface area contributed by atoms with Crippen LogP contribution in [-0.4, -0.2) is 51.7 Å². The van der Waals surface area contributed by atoms with Gasteiger partial charge in [-0.1, -0.05) is 42.4 Å². The molecule has 4 rings (SSSR count). The van der Waals surface area contributed by atoms with Crippen LogP contribution in [0.25, 0.3) is 11.4 Å². The first-order valence-corrected chi connectivity index (χ1v) is 13.6. The maximum Gasteiger partial charge on any atom is 0.243 e. The van der Waals surface area contributed by atoms with Crippen LogP contribution in [-0.2, 0) is 21.9 Å². The van der Waals surface area contributed by atoms with E-state index in [4.69, 9.17) is 0 Å². The molecule has 0 bridgehead atoms. The molecule has 34 heavy (non-hydrogen) atoms. The molecule has 1 amide bonds. The van der Waals surface area contributed by atoms with E-state index in [9.17, 15) is 13.2 Å². The van der Waals surface area contributed by atoms with Crippen molar-refractivity contribution in [3.63, 3.8) is 0 Å². The van der Waals surface area contributed by atoms with Gasteiger partial charge in [-0.3, -0.25) is 4.79 Å². The van der Waals surface area contributed by atoms with E-state index in [1.807, 2.05) is 42.8 Å². The minimum absolute atomic E-state index is 0.197. The van der Waals surface area contributed by atoms with E-state index in [2.05, 4.69) is 15.5 Å². The Morgan fingerprint density at radius 3 is 2.38 bits per heavy atom. The Bertz CT molecular complexity index is 1270. The summed E-state index contributed by atoms with van der Waals surface area (Å²) in [6, 6.07) is 14.3. The number of aryl methyl sites for hydroxylation is 1. The summed E-state index contributed by atoms with van der Waals surface area (Å²) in [4.78, 5) is 13.0. The number of nitrogens with one attached hydrogen (secondary N) is 1. The first-order valence-electron chi connectivity index (χ1n) is 11.3. The van der Waals surface area contributed by atoms with Crippen LogP contribution in [0.5, 0.6) is 0 Å². The zero-order chi connectivity index (χ0) is 24.3. The molecular formula is C24H29N5O3S2. The minimum Gasteiger partial charge on any atom is -0.325 e. The van der Waals surface area contributed by atoms with Gasteiger partial charge in [0, 0.05) is 31.4 Å². The largest absolute Gasteiger partial charge is 0.325 e. The predicted molar refractivity (Wildman–Crippen MR) is 134 cm³/mol. The normalized spacial score (nSPS) is 15.7. The van der Waals surface area contributed by atoms with Crippen LogP contribution in [0.3, 0.4) is 0 Å². The molecule has 1 atom stereocenters. The van der Waals surface area contributed by atoms with E-state index in [-0.39, 0.29) is 10.8 Å². The number of carbonyl (C=O) groups is 1. The van der Waals surface area contributed by atoms with Gasteiger partial charge in [-0.25, -0.2) is 8.42 Å². The lowest BCUT2D eigenvalue weighted by Gasteiger charge is -2.25. The average molecular weight is 500 g/mol. The van der Waals surface area contributed by atoms with Gasteiger partial charge in [0.25, 0.3) is 0 Å². The molecule has 8 nitrogen and oxygen atoms in total. The Morgan fingerprint density at radius 1 is 1.03 bits per heavy atom. The topological polar surface area (TPSA) is 97.2 Å². The highest BCUT2D eigenvalue weighted by atomic mass is 32.2. The SMILES string of the molecule is Cc1ccccc1-c1nnc(SC(C)C(=O)Nc2ccc(S(=O)(=O)N3CCCCC3)cc2)n1C. The summed E-state index contributed by atoms with van der Waals surface area (Å²) >= 11 is 1.32. The number of benzene rings is 2. The molecule has 180 valence electrons. The molecule has 3 aromatic rings. The Balaban J connectivity index is 1.40. The molecule has 2 aromatic carbocycles. The number of sulfonamides is 1. The van der Waals surface area contributed by atoms with E-state index >= 15 is 0 Å². The summed E-state index contributed by atoms with van der Waals surface area (Å²) in [5, 5.41) is 11.7. The summed E-state index contributed by atoms with van der Waals surface area (Å²) in [6.07, 6.45) is 2.84. The van der Waals surface area contributed by atoms with Gasteiger partial charge in [-0.05, 0) is 56.5 Å². The number of anilines is 1. The number of carbonyl (C=O) groups excluding carboxylic acids is 1. The fraction of sp³-hybridized carbons (Fsp3) is 0.375. The van der Waals surface area contributed by atoms with Crippen molar-refractivity contribution >= 4 is 33.4 Å². The van der Waals surface area contributed by atoms with Crippen LogP contribution in [0.4, 0.5) is 5.69 Å². The van der Waals surface area contributed by atoms with Crippen molar-refractivity contribution in [3.05, 3.63) is 54.1 Å². The number of nitrogens with zero attached hydrogens (tertiary/aromatic N) is 4. The number of aromatic nitrogens is 3. The molecule has 1 aliphatic rings. The van der Waals surface area contributed by atoms with E-state index in [1.165, 1.54) is 16.1 Å². The van der Waals surface area contributed by atoms with E-state index in [1.54, 1.807) is 31.2 Å². The van der Waals surface area contributed by atoms with E-state index in [0.717, 1.165) is 36.2 Å². The standard InChI is InChI=1S/C24H29N5O3S2/c1-17-9-5-6-10-21(17)22-26-27-24(28(22)3)33-18(2)23(30)25-19-11-13-20(14-12-19)34(31,32)29-15-7-4-8-16-29/h5-6,9-14,18H,4,7-8,15-16H2,1-3H3,(H,25,30). The second-order valence-corrected chi connectivity index (χ2v) is 11.7. The van der Waals surface area contributed by atoms with Crippen molar-refractivity contribution in [1.82, 2.24) is 19.1 Å². The number of piperidine rings is 1. The summed E-state index contributed by atoms with van der Waals surface area (Å²) in [7, 11) is -1.61.